The van der Waals surface area contributed by atoms with Gasteiger partial charge >= 0.3 is 0 Å². The number of hydrogen-bond acceptors (Lipinski definition) is 5. The quantitative estimate of drug-likeness (QED) is 0.467. The Bertz CT molecular complexity index is 1200. The highest BCUT2D eigenvalue weighted by Crippen LogP contribution is 2.25. The Kier molecular flexibility index (Phi) is 6.62. The third-order valence-corrected chi connectivity index (χ3v) is 7.90. The monoisotopic (exact) mass is 476 g/mol. The van der Waals surface area contributed by atoms with Gasteiger partial charge < -0.3 is 0 Å². The number of benzene rings is 2. The summed E-state index contributed by atoms with van der Waals surface area (Å²) in [6, 6.07) is 17.4. The number of para-hydroxylation sites is 1. The molecule has 1 saturated heterocycles. The molecule has 1 aromatic heterocycles. The minimum atomic E-state index is -2.97. The van der Waals surface area contributed by atoms with Crippen molar-refractivity contribution in [1.82, 2.24) is 19.2 Å². The molecular weight excluding hydrogens is 452 g/mol. The number of sulfone groups is 1. The standard InChI is InChI=1S/C22H25ClN4O2S2/c1-2-13-25(20-12-14-31(28,29)15-20)16-26-22(30)27(19-6-4-3-5-7-19)21(24-26)17-8-10-18(23)11-9-17/h3-11,20H,2,12-16H2,1H3. The van der Waals surface area contributed by atoms with Crippen molar-refractivity contribution in [3.8, 4) is 17.1 Å². The molecule has 3 aromatic rings. The molecule has 0 bridgehead atoms. The van der Waals surface area contributed by atoms with Crippen LogP contribution in [0.2, 0.25) is 5.02 Å². The van der Waals surface area contributed by atoms with Crippen LogP contribution < -0.4 is 0 Å². The van der Waals surface area contributed by atoms with E-state index in [4.69, 9.17) is 28.9 Å². The summed E-state index contributed by atoms with van der Waals surface area (Å²) in [5, 5.41) is 5.51. The van der Waals surface area contributed by atoms with Gasteiger partial charge in [0.05, 0.1) is 18.2 Å². The van der Waals surface area contributed by atoms with Crippen LogP contribution in [0.4, 0.5) is 0 Å². The van der Waals surface area contributed by atoms with Crippen LogP contribution in [0.25, 0.3) is 17.1 Å². The first kappa shape index (κ1) is 22.2. The van der Waals surface area contributed by atoms with Crippen molar-refractivity contribution >= 4 is 33.7 Å². The van der Waals surface area contributed by atoms with E-state index in [1.165, 1.54) is 0 Å². The fourth-order valence-electron chi connectivity index (χ4n) is 3.99. The maximum atomic E-state index is 12.0. The van der Waals surface area contributed by atoms with Crippen molar-refractivity contribution in [1.29, 1.82) is 0 Å². The van der Waals surface area contributed by atoms with Crippen LogP contribution in [-0.2, 0) is 16.5 Å². The minimum Gasteiger partial charge on any atom is -0.280 e. The van der Waals surface area contributed by atoms with Crippen LogP contribution in [0, 0.1) is 4.77 Å². The van der Waals surface area contributed by atoms with E-state index in [1.54, 1.807) is 4.68 Å². The van der Waals surface area contributed by atoms with Gasteiger partial charge in [-0.2, -0.15) is 0 Å². The molecule has 31 heavy (non-hydrogen) atoms. The fourth-order valence-corrected chi connectivity index (χ4v) is 6.16. The predicted octanol–water partition coefficient (Wildman–Crippen LogP) is 4.58. The van der Waals surface area contributed by atoms with Gasteiger partial charge in [-0.15, -0.1) is 5.10 Å². The van der Waals surface area contributed by atoms with E-state index in [0.29, 0.717) is 22.9 Å². The fraction of sp³-hybridized carbons (Fsp3) is 0.364. The zero-order valence-corrected chi connectivity index (χ0v) is 19.7. The lowest BCUT2D eigenvalue weighted by Crippen LogP contribution is -2.38. The Balaban J connectivity index is 1.76. The molecule has 0 amide bonds. The first-order chi connectivity index (χ1) is 14.9. The Morgan fingerprint density at radius 3 is 2.48 bits per heavy atom. The van der Waals surface area contributed by atoms with Gasteiger partial charge in [0.25, 0.3) is 0 Å². The second-order valence-electron chi connectivity index (χ2n) is 7.79. The smallest absolute Gasteiger partial charge is 0.204 e. The molecule has 0 radical (unpaired) electrons. The molecule has 2 heterocycles. The lowest BCUT2D eigenvalue weighted by Gasteiger charge is -2.27. The van der Waals surface area contributed by atoms with Crippen molar-refractivity contribution in [2.75, 3.05) is 18.1 Å². The van der Waals surface area contributed by atoms with E-state index in [0.717, 1.165) is 30.0 Å². The molecule has 0 N–H and O–H groups in total. The second-order valence-corrected chi connectivity index (χ2v) is 10.8. The van der Waals surface area contributed by atoms with E-state index in [1.807, 2.05) is 59.2 Å². The Hall–Kier alpha value is -2.00. The average molecular weight is 477 g/mol. The molecule has 164 valence electrons. The summed E-state index contributed by atoms with van der Waals surface area (Å²) in [4.78, 5) is 2.19. The van der Waals surface area contributed by atoms with Gasteiger partial charge in [-0.05, 0) is 68.0 Å². The zero-order chi connectivity index (χ0) is 22.0. The highest BCUT2D eigenvalue weighted by molar-refractivity contribution is 7.91. The Labute approximate surface area is 193 Å². The largest absolute Gasteiger partial charge is 0.280 e. The Morgan fingerprint density at radius 2 is 1.87 bits per heavy atom. The molecule has 1 aliphatic heterocycles. The Morgan fingerprint density at radius 1 is 1.16 bits per heavy atom. The highest BCUT2D eigenvalue weighted by atomic mass is 35.5. The minimum absolute atomic E-state index is 0.00675. The lowest BCUT2D eigenvalue weighted by atomic mass is 10.2. The number of aromatic nitrogens is 3. The summed E-state index contributed by atoms with van der Waals surface area (Å²) < 4.78 is 28.4. The second kappa shape index (κ2) is 9.24. The summed E-state index contributed by atoms with van der Waals surface area (Å²) in [5.74, 6) is 1.17. The summed E-state index contributed by atoms with van der Waals surface area (Å²) in [5.41, 5.74) is 1.83. The maximum absolute atomic E-state index is 12.0. The van der Waals surface area contributed by atoms with Crippen molar-refractivity contribution in [3.63, 3.8) is 0 Å². The van der Waals surface area contributed by atoms with Crippen LogP contribution in [0.15, 0.2) is 54.6 Å². The number of halogens is 1. The van der Waals surface area contributed by atoms with Crippen molar-refractivity contribution in [3.05, 3.63) is 64.4 Å². The van der Waals surface area contributed by atoms with Gasteiger partial charge in [-0.1, -0.05) is 36.7 Å². The summed E-state index contributed by atoms with van der Waals surface area (Å²) >= 11 is 11.9. The van der Waals surface area contributed by atoms with Crippen LogP contribution in [0.1, 0.15) is 19.8 Å². The van der Waals surface area contributed by atoms with Crippen molar-refractivity contribution < 1.29 is 8.42 Å². The molecule has 1 atom stereocenters. The molecule has 1 aliphatic rings. The topological polar surface area (TPSA) is 60.1 Å². The molecule has 0 saturated carbocycles. The third kappa shape index (κ3) is 4.92. The first-order valence-electron chi connectivity index (χ1n) is 10.3. The van der Waals surface area contributed by atoms with Gasteiger partial charge in [0.1, 0.15) is 0 Å². The van der Waals surface area contributed by atoms with Gasteiger partial charge in [-0.3, -0.25) is 9.47 Å². The summed E-state index contributed by atoms with van der Waals surface area (Å²) in [6.45, 7) is 3.33. The predicted molar refractivity (Wildman–Crippen MR) is 127 cm³/mol. The van der Waals surface area contributed by atoms with Gasteiger partial charge in [0.2, 0.25) is 4.77 Å². The van der Waals surface area contributed by atoms with Crippen molar-refractivity contribution in [2.24, 2.45) is 0 Å². The molecule has 0 aliphatic carbocycles. The summed E-state index contributed by atoms with van der Waals surface area (Å²) in [7, 11) is -2.97. The maximum Gasteiger partial charge on any atom is 0.204 e. The summed E-state index contributed by atoms with van der Waals surface area (Å²) in [6.07, 6.45) is 1.58. The molecule has 9 heteroatoms. The molecule has 0 spiro atoms. The first-order valence-corrected chi connectivity index (χ1v) is 12.9. The van der Waals surface area contributed by atoms with Crippen molar-refractivity contribution in [2.45, 2.75) is 32.5 Å². The normalized spacial score (nSPS) is 18.0. The molecule has 1 unspecified atom stereocenters. The van der Waals surface area contributed by atoms with E-state index in [9.17, 15) is 8.42 Å². The number of hydrogen-bond donors (Lipinski definition) is 0. The molecule has 1 fully saturated rings. The van der Waals surface area contributed by atoms with E-state index >= 15 is 0 Å². The zero-order valence-electron chi connectivity index (χ0n) is 17.3. The lowest BCUT2D eigenvalue weighted by molar-refractivity contribution is 0.155. The van der Waals surface area contributed by atoms with Gasteiger partial charge in [0.15, 0.2) is 15.7 Å². The van der Waals surface area contributed by atoms with Crippen LogP contribution in [-0.4, -0.2) is 51.8 Å². The molecule has 4 rings (SSSR count). The molecule has 6 nitrogen and oxygen atoms in total. The van der Waals surface area contributed by atoms with Gasteiger partial charge in [-0.25, -0.2) is 13.1 Å². The van der Waals surface area contributed by atoms with E-state index in [-0.39, 0.29) is 17.5 Å². The SMILES string of the molecule is CCCN(Cn1nc(-c2ccc(Cl)cc2)n(-c2ccccc2)c1=S)C1CCS(=O)(=O)C1. The number of nitrogens with zero attached hydrogens (tertiary/aromatic N) is 4. The molecular formula is C22H25ClN4O2S2. The van der Waals surface area contributed by atoms with E-state index in [2.05, 4.69) is 11.8 Å². The third-order valence-electron chi connectivity index (χ3n) is 5.51. The average Bonchev–Trinajstić information content (AvgIpc) is 3.28. The van der Waals surface area contributed by atoms with Gasteiger partial charge in [0, 0.05) is 22.3 Å². The molecule has 2 aromatic carbocycles. The van der Waals surface area contributed by atoms with Crippen LogP contribution in [0.5, 0.6) is 0 Å². The number of rotatable bonds is 7. The van der Waals surface area contributed by atoms with Crippen LogP contribution in [0.3, 0.4) is 0 Å². The van der Waals surface area contributed by atoms with E-state index < -0.39 is 9.84 Å². The van der Waals surface area contributed by atoms with Crippen LogP contribution >= 0.6 is 23.8 Å². The highest BCUT2D eigenvalue weighted by Gasteiger charge is 2.32.